The van der Waals surface area contributed by atoms with Gasteiger partial charge in [0.05, 0.1) is 25.0 Å². The van der Waals surface area contributed by atoms with E-state index in [0.29, 0.717) is 35.4 Å². The lowest BCUT2D eigenvalue weighted by molar-refractivity contribution is 0.386. The first kappa shape index (κ1) is 16.2. The maximum absolute atomic E-state index is 12.7. The highest BCUT2D eigenvalue weighted by atomic mass is 32.2. The molecule has 4 rings (SSSR count). The number of nitrogens with zero attached hydrogens (tertiary/aromatic N) is 3. The van der Waals surface area contributed by atoms with Crippen LogP contribution in [0.3, 0.4) is 0 Å². The van der Waals surface area contributed by atoms with Crippen molar-refractivity contribution in [1.29, 1.82) is 0 Å². The van der Waals surface area contributed by atoms with Crippen LogP contribution in [0.15, 0.2) is 40.1 Å². The fraction of sp³-hybridized carbons (Fsp3) is 0.250. The number of imidazole rings is 1. The fourth-order valence-corrected chi connectivity index (χ4v) is 5.34. The molecule has 1 aliphatic rings. The van der Waals surface area contributed by atoms with Gasteiger partial charge in [-0.05, 0) is 17.5 Å². The molecule has 0 aliphatic carbocycles. The van der Waals surface area contributed by atoms with Gasteiger partial charge in [-0.1, -0.05) is 6.07 Å². The van der Waals surface area contributed by atoms with Crippen molar-refractivity contribution < 1.29 is 13.2 Å². The molecule has 1 N–H and O–H groups in total. The summed E-state index contributed by atoms with van der Waals surface area (Å²) in [5.41, 5.74) is 2.57. The number of aromatic nitrogens is 3. The van der Waals surface area contributed by atoms with E-state index in [4.69, 9.17) is 4.74 Å². The number of H-pyrrole nitrogens is 1. The zero-order valence-corrected chi connectivity index (χ0v) is 15.1. The molecule has 0 unspecified atom stereocenters. The van der Waals surface area contributed by atoms with Crippen LogP contribution in [0, 0.1) is 0 Å². The molecule has 3 aromatic heterocycles. The Kier molecular flexibility index (Phi) is 4.06. The molecule has 1 aliphatic heterocycles. The van der Waals surface area contributed by atoms with Crippen molar-refractivity contribution in [3.8, 4) is 17.3 Å². The molecule has 0 fully saturated rings. The Balaban J connectivity index is 1.61. The second kappa shape index (κ2) is 6.25. The normalized spacial score (nSPS) is 15.1. The molecule has 7 nitrogen and oxygen atoms in total. The molecule has 0 spiro atoms. The standard InChI is InChI=1S/C16H16N4O3S2/c1-23-14-5-4-11(9-17-14)16-18-12-6-7-20(10-13(12)19-16)25(21,22)15-3-2-8-24-15/h2-5,8-9H,6-7,10H2,1H3,(H,18,19). The first-order valence-electron chi connectivity index (χ1n) is 7.70. The van der Waals surface area contributed by atoms with Gasteiger partial charge in [0, 0.05) is 30.8 Å². The smallest absolute Gasteiger partial charge is 0.252 e. The van der Waals surface area contributed by atoms with Gasteiger partial charge in [-0.25, -0.2) is 18.4 Å². The number of ether oxygens (including phenoxy) is 1. The van der Waals surface area contributed by atoms with Crippen LogP contribution in [0.1, 0.15) is 11.4 Å². The predicted octanol–water partition coefficient (Wildman–Crippen LogP) is 2.29. The zero-order valence-electron chi connectivity index (χ0n) is 13.5. The Morgan fingerprint density at radius 3 is 2.88 bits per heavy atom. The Morgan fingerprint density at radius 2 is 2.20 bits per heavy atom. The van der Waals surface area contributed by atoms with E-state index in [-0.39, 0.29) is 0 Å². The van der Waals surface area contributed by atoms with E-state index in [1.807, 2.05) is 6.07 Å². The topological polar surface area (TPSA) is 88.2 Å². The molecule has 130 valence electrons. The van der Waals surface area contributed by atoms with Crippen molar-refractivity contribution in [3.63, 3.8) is 0 Å². The van der Waals surface area contributed by atoms with Crippen molar-refractivity contribution in [2.45, 2.75) is 17.2 Å². The van der Waals surface area contributed by atoms with Gasteiger partial charge < -0.3 is 9.72 Å². The number of methoxy groups -OCH3 is 1. The predicted molar refractivity (Wildman–Crippen MR) is 94.0 cm³/mol. The highest BCUT2D eigenvalue weighted by molar-refractivity contribution is 7.91. The average molecular weight is 376 g/mol. The van der Waals surface area contributed by atoms with Gasteiger partial charge in [-0.3, -0.25) is 0 Å². The molecular formula is C16H16N4O3S2. The maximum atomic E-state index is 12.7. The Labute approximate surface area is 149 Å². The van der Waals surface area contributed by atoms with Gasteiger partial charge in [-0.15, -0.1) is 11.3 Å². The van der Waals surface area contributed by atoms with Crippen LogP contribution in [0.2, 0.25) is 0 Å². The van der Waals surface area contributed by atoms with Gasteiger partial charge >= 0.3 is 0 Å². The van der Waals surface area contributed by atoms with Gasteiger partial charge in [0.1, 0.15) is 10.0 Å². The van der Waals surface area contributed by atoms with E-state index in [9.17, 15) is 8.42 Å². The lowest BCUT2D eigenvalue weighted by Gasteiger charge is -2.24. The lowest BCUT2D eigenvalue weighted by Crippen LogP contribution is -2.35. The van der Waals surface area contributed by atoms with Crippen LogP contribution in [-0.4, -0.2) is 41.3 Å². The van der Waals surface area contributed by atoms with E-state index < -0.39 is 10.0 Å². The summed E-state index contributed by atoms with van der Waals surface area (Å²) in [6, 6.07) is 7.02. The molecule has 0 atom stereocenters. The first-order chi connectivity index (χ1) is 12.1. The first-order valence-corrected chi connectivity index (χ1v) is 10.0. The third-order valence-electron chi connectivity index (χ3n) is 4.11. The van der Waals surface area contributed by atoms with Gasteiger partial charge in [0.15, 0.2) is 0 Å². The van der Waals surface area contributed by atoms with Gasteiger partial charge in [-0.2, -0.15) is 4.31 Å². The number of aromatic amines is 1. The minimum Gasteiger partial charge on any atom is -0.481 e. The van der Waals surface area contributed by atoms with E-state index in [1.54, 1.807) is 36.9 Å². The van der Waals surface area contributed by atoms with Crippen molar-refractivity contribution in [2.24, 2.45) is 0 Å². The molecule has 25 heavy (non-hydrogen) atoms. The minimum atomic E-state index is -3.45. The number of sulfonamides is 1. The molecule has 0 aromatic carbocycles. The molecule has 0 saturated carbocycles. The molecule has 0 bridgehead atoms. The van der Waals surface area contributed by atoms with E-state index >= 15 is 0 Å². The summed E-state index contributed by atoms with van der Waals surface area (Å²) in [7, 11) is -1.88. The summed E-state index contributed by atoms with van der Waals surface area (Å²) in [4.78, 5) is 12.0. The van der Waals surface area contributed by atoms with Crippen molar-refractivity contribution in [3.05, 3.63) is 47.2 Å². The monoisotopic (exact) mass is 376 g/mol. The second-order valence-electron chi connectivity index (χ2n) is 5.62. The molecule has 4 heterocycles. The maximum Gasteiger partial charge on any atom is 0.252 e. The van der Waals surface area contributed by atoms with Crippen LogP contribution in [0.4, 0.5) is 0 Å². The summed E-state index contributed by atoms with van der Waals surface area (Å²) >= 11 is 1.23. The van der Waals surface area contributed by atoms with E-state index in [2.05, 4.69) is 15.0 Å². The van der Waals surface area contributed by atoms with Crippen LogP contribution in [0.25, 0.3) is 11.4 Å². The Hall–Kier alpha value is -2.23. The van der Waals surface area contributed by atoms with E-state index in [1.165, 1.54) is 15.6 Å². The van der Waals surface area contributed by atoms with Gasteiger partial charge in [0.25, 0.3) is 10.0 Å². The van der Waals surface area contributed by atoms with Crippen LogP contribution in [0.5, 0.6) is 5.88 Å². The molecule has 3 aromatic rings. The highest BCUT2D eigenvalue weighted by Gasteiger charge is 2.30. The van der Waals surface area contributed by atoms with Crippen LogP contribution < -0.4 is 4.74 Å². The summed E-state index contributed by atoms with van der Waals surface area (Å²) < 4.78 is 32.3. The molecule has 0 saturated heterocycles. The number of hydrogen-bond acceptors (Lipinski definition) is 6. The minimum absolute atomic E-state index is 0.298. The number of thiophene rings is 1. The summed E-state index contributed by atoms with van der Waals surface area (Å²) in [5.74, 6) is 1.23. The molecular weight excluding hydrogens is 360 g/mol. The van der Waals surface area contributed by atoms with E-state index in [0.717, 1.165) is 17.0 Å². The van der Waals surface area contributed by atoms with Crippen molar-refractivity contribution in [1.82, 2.24) is 19.3 Å². The summed E-state index contributed by atoms with van der Waals surface area (Å²) in [6.07, 6.45) is 2.27. The molecule has 0 amide bonds. The second-order valence-corrected chi connectivity index (χ2v) is 8.73. The Morgan fingerprint density at radius 1 is 1.32 bits per heavy atom. The SMILES string of the molecule is COc1ccc(-c2nc3c([nH]2)CN(S(=O)(=O)c2cccs2)CC3)cn1. The fourth-order valence-electron chi connectivity index (χ4n) is 2.79. The van der Waals surface area contributed by atoms with Crippen molar-refractivity contribution >= 4 is 21.4 Å². The van der Waals surface area contributed by atoms with Crippen LogP contribution in [-0.2, 0) is 23.0 Å². The van der Waals surface area contributed by atoms with Crippen molar-refractivity contribution in [2.75, 3.05) is 13.7 Å². The highest BCUT2D eigenvalue weighted by Crippen LogP contribution is 2.28. The number of fused-ring (bicyclic) bond motifs is 1. The average Bonchev–Trinajstić information content (AvgIpc) is 3.31. The molecule has 0 radical (unpaired) electrons. The third kappa shape index (κ3) is 2.94. The van der Waals surface area contributed by atoms with Crippen LogP contribution >= 0.6 is 11.3 Å². The zero-order chi connectivity index (χ0) is 17.4. The third-order valence-corrected chi connectivity index (χ3v) is 7.32. The number of hydrogen-bond donors (Lipinski definition) is 1. The number of rotatable bonds is 4. The Bertz CT molecular complexity index is 979. The lowest BCUT2D eigenvalue weighted by atomic mass is 10.2. The number of pyridine rings is 1. The van der Waals surface area contributed by atoms with Gasteiger partial charge in [0.2, 0.25) is 5.88 Å². The summed E-state index contributed by atoms with van der Waals surface area (Å²) in [5, 5.41) is 1.77. The summed E-state index contributed by atoms with van der Waals surface area (Å²) in [6.45, 7) is 0.727. The largest absolute Gasteiger partial charge is 0.481 e. The quantitative estimate of drug-likeness (QED) is 0.755. The molecule has 9 heteroatoms. The number of nitrogens with one attached hydrogen (secondary N) is 1.